The van der Waals surface area contributed by atoms with Crippen molar-refractivity contribution in [3.63, 3.8) is 0 Å². The molecular weight excluding hydrogens is 410 g/mol. The van der Waals surface area contributed by atoms with Gasteiger partial charge in [0.1, 0.15) is 0 Å². The van der Waals surface area contributed by atoms with Crippen LogP contribution in [0.1, 0.15) is 36.0 Å². The van der Waals surface area contributed by atoms with Gasteiger partial charge >= 0.3 is 0 Å². The summed E-state index contributed by atoms with van der Waals surface area (Å²) in [5.41, 5.74) is 2.85. The van der Waals surface area contributed by atoms with Gasteiger partial charge in [0.15, 0.2) is 11.5 Å². The molecule has 1 aliphatic rings. The Bertz CT molecular complexity index is 1220. The number of rotatable bonds is 7. The number of hydrogen-bond acceptors (Lipinski definition) is 4. The van der Waals surface area contributed by atoms with Crippen LogP contribution in [0.3, 0.4) is 0 Å². The van der Waals surface area contributed by atoms with Crippen molar-refractivity contribution in [2.75, 3.05) is 5.32 Å². The second kappa shape index (κ2) is 8.47. The maximum absolute atomic E-state index is 12.7. The van der Waals surface area contributed by atoms with Crippen LogP contribution in [0.25, 0.3) is 22.3 Å². The zero-order chi connectivity index (χ0) is 21.2. The molecule has 0 radical (unpaired) electrons. The van der Waals surface area contributed by atoms with Crippen LogP contribution >= 0.6 is 11.6 Å². The SMILES string of the molecule is O=C(Nc1nn(CCCC2CC2)c2nc(-c3ccccc3)c(Cl)cc12)c1cccnc1. The molecule has 6 nitrogen and oxygen atoms in total. The highest BCUT2D eigenvalue weighted by molar-refractivity contribution is 6.34. The number of pyridine rings is 2. The van der Waals surface area contributed by atoms with Crippen molar-refractivity contribution < 1.29 is 4.79 Å². The van der Waals surface area contributed by atoms with Crippen LogP contribution in [0.4, 0.5) is 5.82 Å². The van der Waals surface area contributed by atoms with Crippen LogP contribution in [0.2, 0.25) is 5.02 Å². The monoisotopic (exact) mass is 431 g/mol. The van der Waals surface area contributed by atoms with E-state index in [9.17, 15) is 4.79 Å². The molecule has 1 aliphatic carbocycles. The van der Waals surface area contributed by atoms with Crippen molar-refractivity contribution in [2.45, 2.75) is 32.2 Å². The summed E-state index contributed by atoms with van der Waals surface area (Å²) in [7, 11) is 0. The fraction of sp³-hybridized carbons (Fsp3) is 0.250. The number of nitrogens with one attached hydrogen (secondary N) is 1. The quantitative estimate of drug-likeness (QED) is 0.414. The van der Waals surface area contributed by atoms with Crippen LogP contribution in [0.5, 0.6) is 0 Å². The van der Waals surface area contributed by atoms with Crippen LogP contribution in [-0.2, 0) is 6.54 Å². The lowest BCUT2D eigenvalue weighted by molar-refractivity contribution is 0.102. The molecule has 1 amide bonds. The van der Waals surface area contributed by atoms with Crippen LogP contribution in [0.15, 0.2) is 60.9 Å². The number of nitrogens with zero attached hydrogens (tertiary/aromatic N) is 4. The zero-order valence-corrected chi connectivity index (χ0v) is 17.7. The summed E-state index contributed by atoms with van der Waals surface area (Å²) >= 11 is 6.60. The number of aromatic nitrogens is 4. The van der Waals surface area contributed by atoms with Gasteiger partial charge in [-0.3, -0.25) is 9.78 Å². The van der Waals surface area contributed by atoms with Crippen LogP contribution < -0.4 is 5.32 Å². The first kappa shape index (κ1) is 19.7. The minimum Gasteiger partial charge on any atom is -0.304 e. The lowest BCUT2D eigenvalue weighted by Crippen LogP contribution is -2.13. The Morgan fingerprint density at radius 2 is 2.00 bits per heavy atom. The normalized spacial score (nSPS) is 13.5. The van der Waals surface area contributed by atoms with Gasteiger partial charge < -0.3 is 5.32 Å². The second-order valence-electron chi connectivity index (χ2n) is 7.91. The predicted octanol–water partition coefficient (Wildman–Crippen LogP) is 5.59. The maximum atomic E-state index is 12.7. The third-order valence-corrected chi connectivity index (χ3v) is 5.85. The summed E-state index contributed by atoms with van der Waals surface area (Å²) in [6, 6.07) is 15.1. The zero-order valence-electron chi connectivity index (χ0n) is 17.0. The van der Waals surface area contributed by atoms with Crippen LogP contribution in [0, 0.1) is 5.92 Å². The number of amides is 1. The molecule has 0 spiro atoms. The summed E-state index contributed by atoms with van der Waals surface area (Å²) < 4.78 is 1.89. The summed E-state index contributed by atoms with van der Waals surface area (Å²) in [5, 5.41) is 8.85. The van der Waals surface area contributed by atoms with E-state index in [2.05, 4.69) is 10.3 Å². The van der Waals surface area contributed by atoms with E-state index >= 15 is 0 Å². The Morgan fingerprint density at radius 1 is 1.16 bits per heavy atom. The standard InChI is InChI=1S/C24H22ClN5O/c25-20-14-19-22(28-24(31)18-9-4-12-26-15-18)29-30(13-5-6-16-10-11-16)23(19)27-21(20)17-7-2-1-3-8-17/h1-4,7-9,12,14-16H,5-6,10-11,13H2,(H,28,29,31). The Labute approximate surface area is 185 Å². The molecule has 0 saturated heterocycles. The van der Waals surface area contributed by atoms with E-state index in [0.717, 1.165) is 35.5 Å². The molecule has 0 aliphatic heterocycles. The number of halogens is 1. The molecule has 7 heteroatoms. The van der Waals surface area contributed by atoms with E-state index in [4.69, 9.17) is 21.7 Å². The third kappa shape index (κ3) is 4.30. The third-order valence-electron chi connectivity index (χ3n) is 5.56. The van der Waals surface area contributed by atoms with Gasteiger partial charge in [0.25, 0.3) is 5.91 Å². The number of benzene rings is 1. The minimum absolute atomic E-state index is 0.263. The van der Waals surface area contributed by atoms with E-state index in [-0.39, 0.29) is 5.91 Å². The first-order valence-electron chi connectivity index (χ1n) is 10.5. The fourth-order valence-corrected chi connectivity index (χ4v) is 3.99. The molecule has 3 heterocycles. The molecule has 0 bridgehead atoms. The van der Waals surface area contributed by atoms with Crippen molar-refractivity contribution in [1.29, 1.82) is 0 Å². The van der Waals surface area contributed by atoms with Gasteiger partial charge in [-0.15, -0.1) is 0 Å². The number of aryl methyl sites for hydroxylation is 1. The highest BCUT2D eigenvalue weighted by atomic mass is 35.5. The first-order valence-corrected chi connectivity index (χ1v) is 10.9. The molecule has 1 fully saturated rings. The Morgan fingerprint density at radius 3 is 2.74 bits per heavy atom. The molecule has 156 valence electrons. The van der Waals surface area contributed by atoms with Gasteiger partial charge in [0, 0.05) is 24.5 Å². The topological polar surface area (TPSA) is 72.7 Å². The van der Waals surface area contributed by atoms with Gasteiger partial charge in [0.2, 0.25) is 0 Å². The van der Waals surface area contributed by atoms with E-state index in [1.165, 1.54) is 25.5 Å². The second-order valence-corrected chi connectivity index (χ2v) is 8.32. The lowest BCUT2D eigenvalue weighted by Gasteiger charge is -2.06. The molecule has 5 rings (SSSR count). The number of hydrogen-bond donors (Lipinski definition) is 1. The van der Waals surface area contributed by atoms with Crippen molar-refractivity contribution in [2.24, 2.45) is 5.92 Å². The molecule has 0 unspecified atom stereocenters. The average Bonchev–Trinajstić information content (AvgIpc) is 3.57. The van der Waals surface area contributed by atoms with E-state index < -0.39 is 0 Å². The van der Waals surface area contributed by atoms with Crippen molar-refractivity contribution >= 4 is 34.4 Å². The van der Waals surface area contributed by atoms with Crippen molar-refractivity contribution in [3.05, 3.63) is 71.5 Å². The van der Waals surface area contributed by atoms with Crippen molar-refractivity contribution in [3.8, 4) is 11.3 Å². The smallest absolute Gasteiger partial charge is 0.258 e. The summed E-state index contributed by atoms with van der Waals surface area (Å²) in [5.74, 6) is 1.05. The molecule has 1 saturated carbocycles. The number of carbonyl (C=O) groups is 1. The van der Waals surface area contributed by atoms with Crippen molar-refractivity contribution in [1.82, 2.24) is 19.7 Å². The number of fused-ring (bicyclic) bond motifs is 1. The van der Waals surface area contributed by atoms with Crippen LogP contribution in [-0.4, -0.2) is 25.7 Å². The fourth-order valence-electron chi connectivity index (χ4n) is 3.73. The first-order chi connectivity index (χ1) is 15.2. The Balaban J connectivity index is 1.53. The molecule has 0 atom stereocenters. The van der Waals surface area contributed by atoms with Gasteiger partial charge in [-0.05, 0) is 37.0 Å². The molecule has 31 heavy (non-hydrogen) atoms. The van der Waals surface area contributed by atoms with E-state index in [1.54, 1.807) is 18.3 Å². The highest BCUT2D eigenvalue weighted by Crippen LogP contribution is 2.35. The highest BCUT2D eigenvalue weighted by Gasteiger charge is 2.22. The molecule has 3 aromatic heterocycles. The largest absolute Gasteiger partial charge is 0.304 e. The van der Waals surface area contributed by atoms with Gasteiger partial charge in [-0.1, -0.05) is 54.8 Å². The molecule has 1 aromatic carbocycles. The predicted molar refractivity (Wildman–Crippen MR) is 122 cm³/mol. The average molecular weight is 432 g/mol. The summed E-state index contributed by atoms with van der Waals surface area (Å²) in [6.07, 6.45) is 8.05. The Kier molecular flexibility index (Phi) is 5.38. The van der Waals surface area contributed by atoms with E-state index in [0.29, 0.717) is 22.1 Å². The summed E-state index contributed by atoms with van der Waals surface area (Å²) in [4.78, 5) is 21.6. The van der Waals surface area contributed by atoms with Gasteiger partial charge in [-0.25, -0.2) is 9.67 Å². The molecule has 4 aromatic rings. The maximum Gasteiger partial charge on any atom is 0.258 e. The Hall–Kier alpha value is -3.25. The van der Waals surface area contributed by atoms with Gasteiger partial charge in [-0.2, -0.15) is 5.10 Å². The minimum atomic E-state index is -0.263. The number of anilines is 1. The van der Waals surface area contributed by atoms with Gasteiger partial charge in [0.05, 0.1) is 21.7 Å². The lowest BCUT2D eigenvalue weighted by atomic mass is 10.1. The summed E-state index contributed by atoms with van der Waals surface area (Å²) in [6.45, 7) is 0.749. The molecule has 1 N–H and O–H groups in total. The molecular formula is C24H22ClN5O. The van der Waals surface area contributed by atoms with E-state index in [1.807, 2.05) is 41.1 Å². The number of carbonyl (C=O) groups excluding carboxylic acids is 1.